The van der Waals surface area contributed by atoms with Crippen LogP contribution in [-0.2, 0) is 26.3 Å². The van der Waals surface area contributed by atoms with Gasteiger partial charge in [-0.2, -0.15) is 13.2 Å². The number of rotatable bonds is 10. The fourth-order valence-electron chi connectivity index (χ4n) is 4.46. The van der Waals surface area contributed by atoms with Crippen LogP contribution >= 0.6 is 0 Å². The number of Topliss-reactive ketones (excluding diaryl/α,β-unsaturated/α-hetero) is 1. The van der Waals surface area contributed by atoms with Gasteiger partial charge in [0.25, 0.3) is 0 Å². The molecule has 0 atom stereocenters. The Labute approximate surface area is 230 Å². The number of fused-ring (bicyclic) bond motifs is 1. The van der Waals surface area contributed by atoms with Gasteiger partial charge < -0.3 is 14.4 Å². The van der Waals surface area contributed by atoms with Gasteiger partial charge in [0, 0.05) is 41.3 Å². The minimum Gasteiger partial charge on any atom is -0.493 e. The van der Waals surface area contributed by atoms with Gasteiger partial charge >= 0.3 is 18.1 Å². The molecular formula is C29H32F3N3O5. The molecule has 0 amide bonds. The van der Waals surface area contributed by atoms with Crippen molar-refractivity contribution in [2.45, 2.75) is 76.9 Å². The zero-order valence-electron chi connectivity index (χ0n) is 22.7. The molecule has 0 spiro atoms. The Morgan fingerprint density at radius 2 is 1.80 bits per heavy atom. The summed E-state index contributed by atoms with van der Waals surface area (Å²) in [5, 5.41) is 8.57. The van der Waals surface area contributed by atoms with E-state index in [1.807, 2.05) is 32.9 Å². The van der Waals surface area contributed by atoms with Crippen LogP contribution in [0.2, 0.25) is 0 Å². The Morgan fingerprint density at radius 3 is 2.45 bits per heavy atom. The van der Waals surface area contributed by atoms with Crippen molar-refractivity contribution in [1.82, 2.24) is 9.88 Å². The van der Waals surface area contributed by atoms with Gasteiger partial charge in [0.05, 0.1) is 13.2 Å². The molecule has 40 heavy (non-hydrogen) atoms. The van der Waals surface area contributed by atoms with E-state index in [1.165, 1.54) is 0 Å². The number of unbranched alkanes of at least 4 members (excludes halogenated alkanes) is 1. The molecule has 1 saturated carbocycles. The predicted octanol–water partition coefficient (Wildman–Crippen LogP) is 5.46. The summed E-state index contributed by atoms with van der Waals surface area (Å²) >= 11 is 0. The molecule has 1 aliphatic heterocycles. The number of pyridine rings is 1. The van der Waals surface area contributed by atoms with E-state index in [4.69, 9.17) is 10.1 Å². The second-order valence-corrected chi connectivity index (χ2v) is 11.2. The highest BCUT2D eigenvalue weighted by Gasteiger charge is 2.42. The lowest BCUT2D eigenvalue weighted by molar-refractivity contribution is -0.201. The number of ether oxygens (including phenoxy) is 2. The number of aromatic nitrogens is 1. The van der Waals surface area contributed by atoms with E-state index in [-0.39, 0.29) is 43.0 Å². The molecule has 8 nitrogen and oxygen atoms in total. The largest absolute Gasteiger partial charge is 0.493 e. The molecule has 214 valence electrons. The highest BCUT2D eigenvalue weighted by molar-refractivity contribution is 6.04. The van der Waals surface area contributed by atoms with E-state index in [9.17, 15) is 27.6 Å². The number of esters is 2. The number of nitrogens with one attached hydrogen (secondary N) is 1. The molecule has 1 fully saturated rings. The van der Waals surface area contributed by atoms with Gasteiger partial charge in [-0.05, 0) is 55.4 Å². The predicted molar refractivity (Wildman–Crippen MR) is 139 cm³/mol. The van der Waals surface area contributed by atoms with Crippen molar-refractivity contribution >= 4 is 23.6 Å². The first kappa shape index (κ1) is 29.2. The minimum atomic E-state index is -5.21. The van der Waals surface area contributed by atoms with Crippen LogP contribution in [0.5, 0.6) is 5.75 Å². The van der Waals surface area contributed by atoms with E-state index >= 15 is 0 Å². The van der Waals surface area contributed by atoms with Gasteiger partial charge in [0.15, 0.2) is 5.78 Å². The molecule has 0 radical (unpaired) electrons. The maximum atomic E-state index is 13.2. The zero-order valence-corrected chi connectivity index (χ0v) is 22.7. The third-order valence-corrected chi connectivity index (χ3v) is 6.81. The lowest BCUT2D eigenvalue weighted by atomic mass is 9.85. The molecule has 2 heterocycles. The van der Waals surface area contributed by atoms with Crippen molar-refractivity contribution in [2.24, 2.45) is 0 Å². The average molecular weight is 560 g/mol. The number of benzene rings is 1. The van der Waals surface area contributed by atoms with Gasteiger partial charge in [0.2, 0.25) is 0 Å². The number of nitrogens with zero attached hydrogens (tertiary/aromatic N) is 2. The standard InChI is InChI=1S/C29H32F3N3O5/c1-28(2,3)20-14-18(10-12-23(20)39-13-5-4-6-24(37)40-27(38)29(30,31)32)22(36)16-35-15-19-9-11-21(17-7-8-17)34-25(19)26(35)33/h9-12,14,17,33H,4-8,13,15-16H2,1-3H3. The Bertz CT molecular complexity index is 1330. The van der Waals surface area contributed by atoms with Crippen molar-refractivity contribution in [3.63, 3.8) is 0 Å². The van der Waals surface area contributed by atoms with E-state index < -0.39 is 18.1 Å². The number of hydrogen-bond acceptors (Lipinski definition) is 7. The van der Waals surface area contributed by atoms with Crippen LogP contribution in [0, 0.1) is 5.41 Å². The summed E-state index contributed by atoms with van der Waals surface area (Å²) in [4.78, 5) is 41.8. The van der Waals surface area contributed by atoms with Crippen molar-refractivity contribution < 1.29 is 37.0 Å². The maximum absolute atomic E-state index is 13.2. The normalized spacial score (nSPS) is 15.2. The number of hydrogen-bond donors (Lipinski definition) is 1. The quantitative estimate of drug-likeness (QED) is 0.178. The lowest BCUT2D eigenvalue weighted by Gasteiger charge is -2.24. The molecule has 2 aliphatic rings. The number of carbonyl (C=O) groups excluding carboxylic acids is 3. The molecule has 4 rings (SSSR count). The summed E-state index contributed by atoms with van der Waals surface area (Å²) in [7, 11) is 0. The number of ketones is 1. The van der Waals surface area contributed by atoms with E-state index in [1.54, 1.807) is 23.1 Å². The zero-order chi connectivity index (χ0) is 29.2. The van der Waals surface area contributed by atoms with Crippen LogP contribution in [0.1, 0.15) is 91.7 Å². The monoisotopic (exact) mass is 559 g/mol. The lowest BCUT2D eigenvalue weighted by Crippen LogP contribution is -2.30. The fraction of sp³-hybridized carbons (Fsp3) is 0.483. The van der Waals surface area contributed by atoms with Crippen molar-refractivity contribution in [3.8, 4) is 5.75 Å². The molecule has 11 heteroatoms. The second kappa shape index (κ2) is 11.4. The van der Waals surface area contributed by atoms with Crippen LogP contribution in [0.3, 0.4) is 0 Å². The highest BCUT2D eigenvalue weighted by atomic mass is 19.4. The van der Waals surface area contributed by atoms with E-state index in [0.717, 1.165) is 29.7 Å². The topological polar surface area (TPSA) is 110 Å². The summed E-state index contributed by atoms with van der Waals surface area (Å²) < 4.78 is 46.2. The molecule has 0 saturated heterocycles. The maximum Gasteiger partial charge on any atom is 0.491 e. The van der Waals surface area contributed by atoms with Crippen LogP contribution in [0.15, 0.2) is 30.3 Å². The van der Waals surface area contributed by atoms with Gasteiger partial charge in [-0.15, -0.1) is 0 Å². The van der Waals surface area contributed by atoms with Gasteiger partial charge in [-0.3, -0.25) is 15.0 Å². The van der Waals surface area contributed by atoms with Crippen molar-refractivity contribution in [3.05, 3.63) is 58.4 Å². The van der Waals surface area contributed by atoms with Crippen LogP contribution in [0.25, 0.3) is 0 Å². The van der Waals surface area contributed by atoms with Crippen LogP contribution in [-0.4, -0.2) is 52.8 Å². The average Bonchev–Trinajstić information content (AvgIpc) is 3.68. The molecule has 1 aromatic heterocycles. The summed E-state index contributed by atoms with van der Waals surface area (Å²) in [6, 6.07) is 9.18. The molecular weight excluding hydrogens is 527 g/mol. The number of halogens is 3. The second-order valence-electron chi connectivity index (χ2n) is 11.2. The van der Waals surface area contributed by atoms with Crippen LogP contribution in [0.4, 0.5) is 13.2 Å². The highest BCUT2D eigenvalue weighted by Crippen LogP contribution is 2.40. The molecule has 0 bridgehead atoms. The van der Waals surface area contributed by atoms with E-state index in [2.05, 4.69) is 9.72 Å². The molecule has 1 aliphatic carbocycles. The molecule has 1 N–H and O–H groups in total. The third kappa shape index (κ3) is 7.05. The summed E-state index contributed by atoms with van der Waals surface area (Å²) in [5.41, 5.74) is 3.53. The molecule has 0 unspecified atom stereocenters. The Morgan fingerprint density at radius 1 is 1.07 bits per heavy atom. The number of carbonyl (C=O) groups is 3. The Balaban J connectivity index is 1.33. The summed E-state index contributed by atoms with van der Waals surface area (Å²) in [5.74, 6) is -2.61. The van der Waals surface area contributed by atoms with Crippen molar-refractivity contribution in [2.75, 3.05) is 13.2 Å². The number of alkyl halides is 3. The Hall–Kier alpha value is -3.76. The first-order valence-electron chi connectivity index (χ1n) is 13.2. The van der Waals surface area contributed by atoms with Gasteiger partial charge in [-0.1, -0.05) is 26.8 Å². The fourth-order valence-corrected chi connectivity index (χ4v) is 4.46. The first-order valence-corrected chi connectivity index (χ1v) is 13.2. The molecule has 2 aromatic rings. The Kier molecular flexibility index (Phi) is 8.32. The van der Waals surface area contributed by atoms with Crippen LogP contribution < -0.4 is 4.74 Å². The summed E-state index contributed by atoms with van der Waals surface area (Å²) in [6.07, 6.45) is -2.80. The first-order chi connectivity index (χ1) is 18.7. The van der Waals surface area contributed by atoms with Gasteiger partial charge in [-0.25, -0.2) is 9.78 Å². The van der Waals surface area contributed by atoms with E-state index in [0.29, 0.717) is 35.9 Å². The van der Waals surface area contributed by atoms with Gasteiger partial charge in [0.1, 0.15) is 17.3 Å². The minimum absolute atomic E-state index is 0.0463. The third-order valence-electron chi connectivity index (χ3n) is 6.81. The molecule has 1 aromatic carbocycles. The van der Waals surface area contributed by atoms with Crippen molar-refractivity contribution in [1.29, 1.82) is 5.41 Å². The summed E-state index contributed by atoms with van der Waals surface area (Å²) in [6.45, 7) is 6.62. The number of amidine groups is 1. The smallest absolute Gasteiger partial charge is 0.491 e. The SMILES string of the molecule is CC(C)(C)c1cc(C(=O)CN2Cc3ccc(C4CC4)nc3C2=N)ccc1OCCCCC(=O)OC(=O)C(F)(F)F.